The van der Waals surface area contributed by atoms with Gasteiger partial charge in [0.15, 0.2) is 17.7 Å². The molecule has 0 aliphatic carbocycles. The third kappa shape index (κ3) is 6.91. The predicted octanol–water partition coefficient (Wildman–Crippen LogP) is 6.76. The van der Waals surface area contributed by atoms with E-state index in [0.717, 1.165) is 22.4 Å². The highest BCUT2D eigenvalue weighted by Crippen LogP contribution is 2.48. The number of carboxylic acid groups (broad SMARTS) is 1. The summed E-state index contributed by atoms with van der Waals surface area (Å²) in [5.41, 5.74) is 2.28. The summed E-state index contributed by atoms with van der Waals surface area (Å²) in [4.78, 5) is 28.8. The van der Waals surface area contributed by atoms with Gasteiger partial charge in [0.05, 0.1) is 13.2 Å². The lowest BCUT2D eigenvalue weighted by Crippen LogP contribution is -2.50. The van der Waals surface area contributed by atoms with E-state index in [9.17, 15) is 19.1 Å². The van der Waals surface area contributed by atoms with Gasteiger partial charge in [-0.2, -0.15) is 0 Å². The van der Waals surface area contributed by atoms with Crippen LogP contribution < -0.4 is 14.8 Å². The van der Waals surface area contributed by atoms with Crippen LogP contribution in [-0.4, -0.2) is 47.2 Å². The van der Waals surface area contributed by atoms with Crippen molar-refractivity contribution in [2.45, 2.75) is 84.7 Å². The van der Waals surface area contributed by atoms with Gasteiger partial charge in [-0.3, -0.25) is 4.79 Å². The Labute approximate surface area is 260 Å². The fraction of sp³-hybridized carbons (Fsp3) is 0.444. The topological polar surface area (TPSA) is 88.1 Å². The number of likely N-dealkylation sites (tertiary alicyclic amines) is 1. The van der Waals surface area contributed by atoms with Crippen molar-refractivity contribution in [3.8, 4) is 11.5 Å². The van der Waals surface area contributed by atoms with Crippen LogP contribution in [0.1, 0.15) is 71.2 Å². The van der Waals surface area contributed by atoms with Gasteiger partial charge in [0.2, 0.25) is 0 Å². The van der Waals surface area contributed by atoms with Gasteiger partial charge in [-0.1, -0.05) is 96.1 Å². The number of nitrogens with zero attached hydrogens (tertiary/aromatic N) is 1. The van der Waals surface area contributed by atoms with Crippen LogP contribution in [-0.2, 0) is 21.5 Å². The van der Waals surface area contributed by atoms with Crippen LogP contribution in [0.2, 0.25) is 0 Å². The van der Waals surface area contributed by atoms with Crippen molar-refractivity contribution >= 4 is 11.9 Å². The van der Waals surface area contributed by atoms with Gasteiger partial charge >= 0.3 is 5.97 Å². The molecule has 7 nitrogen and oxygen atoms in total. The number of nitrogens with one attached hydrogen (secondary N) is 1. The second-order valence-electron chi connectivity index (χ2n) is 13.6. The Morgan fingerprint density at radius 3 is 2.16 bits per heavy atom. The van der Waals surface area contributed by atoms with Crippen molar-refractivity contribution in [1.82, 2.24) is 10.2 Å². The Morgan fingerprint density at radius 1 is 0.955 bits per heavy atom. The summed E-state index contributed by atoms with van der Waals surface area (Å²) in [6, 6.07) is 19.2. The van der Waals surface area contributed by atoms with Gasteiger partial charge in [0.1, 0.15) is 11.8 Å². The zero-order valence-corrected chi connectivity index (χ0v) is 26.9. The van der Waals surface area contributed by atoms with Crippen LogP contribution in [0.15, 0.2) is 72.8 Å². The first-order valence-electron chi connectivity index (χ1n) is 15.1. The van der Waals surface area contributed by atoms with Crippen molar-refractivity contribution in [1.29, 1.82) is 0 Å². The number of rotatable bonds is 9. The lowest BCUT2D eigenvalue weighted by molar-refractivity contribution is -0.155. The van der Waals surface area contributed by atoms with Gasteiger partial charge in [-0.25, -0.2) is 9.18 Å². The summed E-state index contributed by atoms with van der Waals surface area (Å²) in [6.07, 6.45) is -1.14. The predicted molar refractivity (Wildman–Crippen MR) is 169 cm³/mol. The van der Waals surface area contributed by atoms with Crippen molar-refractivity contribution < 1.29 is 28.6 Å². The minimum Gasteiger partial charge on any atom is -0.496 e. The molecule has 1 amide bonds. The summed E-state index contributed by atoms with van der Waals surface area (Å²) in [5, 5.41) is 14.4. The van der Waals surface area contributed by atoms with Crippen molar-refractivity contribution in [2.75, 3.05) is 7.11 Å². The monoisotopic (exact) mass is 604 g/mol. The maximum absolute atomic E-state index is 14.5. The van der Waals surface area contributed by atoms with Crippen LogP contribution in [0.3, 0.4) is 0 Å². The molecule has 5 atom stereocenters. The van der Waals surface area contributed by atoms with Gasteiger partial charge < -0.3 is 24.8 Å². The van der Waals surface area contributed by atoms with Crippen molar-refractivity contribution in [3.05, 3.63) is 95.3 Å². The average molecular weight is 605 g/mol. The summed E-state index contributed by atoms with van der Waals surface area (Å²) in [6.45, 7) is 14.4. The smallest absolute Gasteiger partial charge is 0.326 e. The number of carboxylic acids is 1. The molecule has 3 aromatic rings. The van der Waals surface area contributed by atoms with E-state index in [2.05, 4.69) is 38.2 Å². The molecular weight excluding hydrogens is 559 g/mol. The zero-order chi connectivity index (χ0) is 32.4. The second kappa shape index (κ2) is 13.0. The van der Waals surface area contributed by atoms with Crippen LogP contribution >= 0.6 is 0 Å². The Morgan fingerprint density at radius 2 is 1.59 bits per heavy atom. The van der Waals surface area contributed by atoms with Crippen LogP contribution in [0, 0.1) is 17.2 Å². The number of aliphatic carboxylic acids is 1. The van der Waals surface area contributed by atoms with E-state index < -0.39 is 53.3 Å². The van der Waals surface area contributed by atoms with Gasteiger partial charge in [0, 0.05) is 24.1 Å². The van der Waals surface area contributed by atoms with Crippen LogP contribution in [0.4, 0.5) is 4.39 Å². The summed E-state index contributed by atoms with van der Waals surface area (Å²) in [5.74, 6) is -2.06. The first kappa shape index (κ1) is 33.0. The Kier molecular flexibility index (Phi) is 9.74. The molecule has 1 aliphatic rings. The lowest BCUT2D eigenvalue weighted by Gasteiger charge is -2.35. The number of para-hydroxylation sites is 1. The molecule has 1 heterocycles. The number of ether oxygens (including phenoxy) is 2. The molecule has 0 saturated carbocycles. The zero-order valence-electron chi connectivity index (χ0n) is 26.9. The number of carbonyl (C=O) groups excluding carboxylic acids is 1. The number of hydrogen-bond donors (Lipinski definition) is 2. The Hall–Kier alpha value is -3.91. The molecule has 2 N–H and O–H groups in total. The first-order valence-corrected chi connectivity index (χ1v) is 15.1. The molecule has 1 fully saturated rings. The molecule has 236 valence electrons. The van der Waals surface area contributed by atoms with Crippen molar-refractivity contribution in [2.24, 2.45) is 11.3 Å². The molecule has 4 rings (SSSR count). The van der Waals surface area contributed by atoms with E-state index in [1.54, 1.807) is 13.2 Å². The van der Waals surface area contributed by atoms with E-state index in [4.69, 9.17) is 9.47 Å². The third-order valence-corrected chi connectivity index (χ3v) is 8.48. The standard InChI is InChI=1S/C36H45FN2O5/c1-22(44-28-17-13-12-16-26(28)37)33(40)39-31(23-14-10-9-11-15-23)30(29(36(5,6)7)32(39)34(41)42)38-21-24-20-25(35(2,3)4)18-19-27(24)43-8/h9-20,22,29-32,38H,21H2,1-8H3,(H,41,42)/t22?,29-,30-,31-,32-/m0/s1. The highest BCUT2D eigenvalue weighted by atomic mass is 19.1. The largest absolute Gasteiger partial charge is 0.496 e. The molecule has 8 heteroatoms. The quantitative estimate of drug-likeness (QED) is 0.281. The molecule has 0 bridgehead atoms. The number of methoxy groups -OCH3 is 1. The molecule has 3 aromatic carbocycles. The van der Waals surface area contributed by atoms with E-state index in [1.807, 2.05) is 57.2 Å². The number of benzene rings is 3. The average Bonchev–Trinajstić information content (AvgIpc) is 3.32. The summed E-state index contributed by atoms with van der Waals surface area (Å²) < 4.78 is 26.0. The molecule has 1 saturated heterocycles. The Balaban J connectivity index is 1.81. The number of amides is 1. The molecule has 1 aliphatic heterocycles. The fourth-order valence-corrected chi connectivity index (χ4v) is 6.33. The third-order valence-electron chi connectivity index (χ3n) is 8.48. The lowest BCUT2D eigenvalue weighted by atomic mass is 9.72. The van der Waals surface area contributed by atoms with E-state index in [0.29, 0.717) is 6.54 Å². The van der Waals surface area contributed by atoms with Gasteiger partial charge in [-0.15, -0.1) is 0 Å². The van der Waals surface area contributed by atoms with Gasteiger partial charge in [-0.05, 0) is 47.1 Å². The minimum atomic E-state index is -1.17. The fourth-order valence-electron chi connectivity index (χ4n) is 6.33. The molecule has 44 heavy (non-hydrogen) atoms. The van der Waals surface area contributed by atoms with Crippen molar-refractivity contribution in [3.63, 3.8) is 0 Å². The summed E-state index contributed by atoms with van der Waals surface area (Å²) >= 11 is 0. The SMILES string of the molecule is COc1ccc(C(C)(C)C)cc1CN[C@H]1[C@H](C(C)(C)C)[C@@H](C(=O)O)N(C(=O)C(C)Oc2ccccc2F)[C@H]1c1ccccc1. The number of carbonyl (C=O) groups is 2. The molecule has 0 radical (unpaired) electrons. The van der Waals surface area contributed by atoms with E-state index >= 15 is 0 Å². The molecule has 0 spiro atoms. The normalized spacial score (nSPS) is 21.2. The second-order valence-corrected chi connectivity index (χ2v) is 13.6. The van der Waals surface area contributed by atoms with E-state index in [-0.39, 0.29) is 11.2 Å². The van der Waals surface area contributed by atoms with E-state index in [1.165, 1.54) is 30.0 Å². The first-order chi connectivity index (χ1) is 20.6. The highest BCUT2D eigenvalue weighted by molar-refractivity contribution is 5.88. The molecule has 1 unspecified atom stereocenters. The van der Waals surface area contributed by atoms with Gasteiger partial charge in [0.25, 0.3) is 5.91 Å². The van der Waals surface area contributed by atoms with Crippen LogP contribution in [0.25, 0.3) is 0 Å². The van der Waals surface area contributed by atoms with Crippen LogP contribution in [0.5, 0.6) is 11.5 Å². The maximum Gasteiger partial charge on any atom is 0.326 e. The minimum absolute atomic E-state index is 0.0662. The molecule has 0 aromatic heterocycles. The maximum atomic E-state index is 14.5. The highest BCUT2D eigenvalue weighted by Gasteiger charge is 2.58. The number of halogens is 1. The Bertz CT molecular complexity index is 1460. The molecular formula is C36H45FN2O5. The number of hydrogen-bond acceptors (Lipinski definition) is 5. The summed E-state index contributed by atoms with van der Waals surface area (Å²) in [7, 11) is 1.63.